The SMILES string of the molecule is Cc1ccccc1C(N)C1CC2CCC(C1)N2C. The Morgan fingerprint density at radius 1 is 1.17 bits per heavy atom. The van der Waals surface area contributed by atoms with E-state index in [1.165, 1.54) is 36.8 Å². The van der Waals surface area contributed by atoms with Crippen molar-refractivity contribution in [1.82, 2.24) is 4.90 Å². The maximum absolute atomic E-state index is 6.55. The summed E-state index contributed by atoms with van der Waals surface area (Å²) in [5.74, 6) is 0.666. The van der Waals surface area contributed by atoms with Gasteiger partial charge < -0.3 is 10.6 Å². The second-order valence-electron chi connectivity index (χ2n) is 6.16. The molecule has 2 fully saturated rings. The highest BCUT2D eigenvalue weighted by Gasteiger charge is 2.40. The van der Waals surface area contributed by atoms with Gasteiger partial charge in [0.05, 0.1) is 0 Å². The minimum Gasteiger partial charge on any atom is -0.324 e. The number of hydrogen-bond acceptors (Lipinski definition) is 2. The lowest BCUT2D eigenvalue weighted by atomic mass is 9.81. The van der Waals surface area contributed by atoms with Crippen molar-refractivity contribution in [3.8, 4) is 0 Å². The molecule has 3 unspecified atom stereocenters. The number of hydrogen-bond donors (Lipinski definition) is 1. The van der Waals surface area contributed by atoms with Crippen LogP contribution in [0.4, 0.5) is 0 Å². The second-order valence-corrected chi connectivity index (χ2v) is 6.16. The lowest BCUT2D eigenvalue weighted by Gasteiger charge is -2.39. The Morgan fingerprint density at radius 2 is 1.78 bits per heavy atom. The van der Waals surface area contributed by atoms with E-state index in [4.69, 9.17) is 5.73 Å². The predicted octanol–water partition coefficient (Wildman–Crippen LogP) is 2.87. The number of nitrogens with zero attached hydrogens (tertiary/aromatic N) is 1. The van der Waals surface area contributed by atoms with Gasteiger partial charge in [-0.25, -0.2) is 0 Å². The first-order valence-electron chi connectivity index (χ1n) is 7.20. The Hall–Kier alpha value is -0.860. The second kappa shape index (κ2) is 4.67. The molecule has 1 aromatic carbocycles. The first kappa shape index (κ1) is 12.2. The van der Waals surface area contributed by atoms with Crippen LogP contribution < -0.4 is 5.73 Å². The molecule has 2 N–H and O–H groups in total. The molecule has 98 valence electrons. The summed E-state index contributed by atoms with van der Waals surface area (Å²) in [6, 6.07) is 10.4. The summed E-state index contributed by atoms with van der Waals surface area (Å²) >= 11 is 0. The molecule has 2 bridgehead atoms. The van der Waals surface area contributed by atoms with Crippen LogP contribution in [0.5, 0.6) is 0 Å². The van der Waals surface area contributed by atoms with E-state index in [0.717, 1.165) is 12.1 Å². The number of benzene rings is 1. The molecule has 0 saturated carbocycles. The van der Waals surface area contributed by atoms with Gasteiger partial charge in [-0.3, -0.25) is 0 Å². The van der Waals surface area contributed by atoms with Gasteiger partial charge >= 0.3 is 0 Å². The minimum atomic E-state index is 0.225. The number of rotatable bonds is 2. The molecule has 2 nitrogen and oxygen atoms in total. The molecular formula is C16H24N2. The van der Waals surface area contributed by atoms with Gasteiger partial charge in [0.1, 0.15) is 0 Å². The molecule has 2 heteroatoms. The molecule has 0 spiro atoms. The maximum Gasteiger partial charge on any atom is 0.0327 e. The summed E-state index contributed by atoms with van der Waals surface area (Å²) in [4.78, 5) is 2.58. The lowest BCUT2D eigenvalue weighted by Crippen LogP contribution is -2.42. The third-order valence-electron chi connectivity index (χ3n) is 5.19. The van der Waals surface area contributed by atoms with Crippen LogP contribution in [0.3, 0.4) is 0 Å². The molecule has 2 aliphatic rings. The van der Waals surface area contributed by atoms with Gasteiger partial charge in [-0.05, 0) is 56.7 Å². The largest absolute Gasteiger partial charge is 0.324 e. The van der Waals surface area contributed by atoms with E-state index in [1.807, 2.05) is 0 Å². The number of nitrogens with two attached hydrogens (primary N) is 1. The lowest BCUT2D eigenvalue weighted by molar-refractivity contribution is 0.120. The Labute approximate surface area is 110 Å². The zero-order valence-electron chi connectivity index (χ0n) is 11.5. The molecule has 0 radical (unpaired) electrons. The smallest absolute Gasteiger partial charge is 0.0327 e. The van der Waals surface area contributed by atoms with Crippen molar-refractivity contribution in [3.05, 3.63) is 35.4 Å². The van der Waals surface area contributed by atoms with E-state index < -0.39 is 0 Å². The Balaban J connectivity index is 1.78. The molecule has 0 aliphatic carbocycles. The van der Waals surface area contributed by atoms with Gasteiger partial charge in [-0.1, -0.05) is 24.3 Å². The van der Waals surface area contributed by atoms with Crippen molar-refractivity contribution >= 4 is 0 Å². The first-order valence-corrected chi connectivity index (χ1v) is 7.20. The molecular weight excluding hydrogens is 220 g/mol. The first-order chi connectivity index (χ1) is 8.66. The van der Waals surface area contributed by atoms with E-state index in [1.54, 1.807) is 0 Å². The Bertz CT molecular complexity index is 415. The summed E-state index contributed by atoms with van der Waals surface area (Å²) in [6.07, 6.45) is 5.31. The number of aryl methyl sites for hydroxylation is 1. The summed E-state index contributed by atoms with van der Waals surface area (Å²) in [6.45, 7) is 2.18. The van der Waals surface area contributed by atoms with Crippen LogP contribution in [0.15, 0.2) is 24.3 Å². The highest BCUT2D eigenvalue weighted by Crippen LogP contribution is 2.42. The van der Waals surface area contributed by atoms with Crippen LogP contribution in [0.2, 0.25) is 0 Å². The average molecular weight is 244 g/mol. The normalized spacial score (nSPS) is 33.6. The Kier molecular flexibility index (Phi) is 3.16. The quantitative estimate of drug-likeness (QED) is 0.867. The predicted molar refractivity (Wildman–Crippen MR) is 75.4 cm³/mol. The van der Waals surface area contributed by atoms with Crippen molar-refractivity contribution in [3.63, 3.8) is 0 Å². The van der Waals surface area contributed by atoms with E-state index in [0.29, 0.717) is 5.92 Å². The molecule has 2 aliphatic heterocycles. The monoisotopic (exact) mass is 244 g/mol. The van der Waals surface area contributed by atoms with Gasteiger partial charge in [0, 0.05) is 18.1 Å². The molecule has 2 saturated heterocycles. The van der Waals surface area contributed by atoms with Gasteiger partial charge in [0.25, 0.3) is 0 Å². The molecule has 0 aromatic heterocycles. The highest BCUT2D eigenvalue weighted by molar-refractivity contribution is 5.29. The fraction of sp³-hybridized carbons (Fsp3) is 0.625. The van der Waals surface area contributed by atoms with Crippen LogP contribution in [0, 0.1) is 12.8 Å². The van der Waals surface area contributed by atoms with Crippen molar-refractivity contribution in [2.75, 3.05) is 7.05 Å². The minimum absolute atomic E-state index is 0.225. The van der Waals surface area contributed by atoms with Crippen LogP contribution >= 0.6 is 0 Å². The molecule has 3 rings (SSSR count). The van der Waals surface area contributed by atoms with E-state index in [2.05, 4.69) is 43.1 Å². The molecule has 3 atom stereocenters. The Morgan fingerprint density at radius 3 is 2.39 bits per heavy atom. The van der Waals surface area contributed by atoms with Gasteiger partial charge in [-0.2, -0.15) is 0 Å². The van der Waals surface area contributed by atoms with E-state index in [9.17, 15) is 0 Å². The summed E-state index contributed by atoms with van der Waals surface area (Å²) < 4.78 is 0. The van der Waals surface area contributed by atoms with Crippen molar-refractivity contribution < 1.29 is 0 Å². The zero-order valence-corrected chi connectivity index (χ0v) is 11.5. The van der Waals surface area contributed by atoms with Crippen LogP contribution in [-0.4, -0.2) is 24.0 Å². The van der Waals surface area contributed by atoms with E-state index >= 15 is 0 Å². The zero-order chi connectivity index (χ0) is 12.7. The highest BCUT2D eigenvalue weighted by atomic mass is 15.2. The molecule has 1 aromatic rings. The summed E-state index contributed by atoms with van der Waals surface area (Å²) in [7, 11) is 2.29. The fourth-order valence-electron chi connectivity index (χ4n) is 3.96. The number of piperidine rings is 1. The van der Waals surface area contributed by atoms with Crippen LogP contribution in [0.1, 0.15) is 42.9 Å². The van der Waals surface area contributed by atoms with Crippen LogP contribution in [-0.2, 0) is 0 Å². The fourth-order valence-corrected chi connectivity index (χ4v) is 3.96. The van der Waals surface area contributed by atoms with Gasteiger partial charge in [0.15, 0.2) is 0 Å². The summed E-state index contributed by atoms with van der Waals surface area (Å²) in [5.41, 5.74) is 9.25. The number of fused-ring (bicyclic) bond motifs is 2. The molecule has 18 heavy (non-hydrogen) atoms. The third kappa shape index (κ3) is 1.98. The average Bonchev–Trinajstić information content (AvgIpc) is 2.61. The molecule has 2 heterocycles. The molecule has 0 amide bonds. The van der Waals surface area contributed by atoms with Gasteiger partial charge in [0.2, 0.25) is 0 Å². The van der Waals surface area contributed by atoms with E-state index in [-0.39, 0.29) is 6.04 Å². The third-order valence-corrected chi connectivity index (χ3v) is 5.19. The topological polar surface area (TPSA) is 29.3 Å². The summed E-state index contributed by atoms with van der Waals surface area (Å²) in [5, 5.41) is 0. The van der Waals surface area contributed by atoms with Gasteiger partial charge in [-0.15, -0.1) is 0 Å². The van der Waals surface area contributed by atoms with Crippen molar-refractivity contribution in [1.29, 1.82) is 0 Å². The standard InChI is InChI=1S/C16H24N2/c1-11-5-3-4-6-15(11)16(17)12-9-13-7-8-14(10-12)18(13)2/h3-6,12-14,16H,7-10,17H2,1-2H3. The van der Waals surface area contributed by atoms with Crippen molar-refractivity contribution in [2.45, 2.75) is 50.7 Å². The van der Waals surface area contributed by atoms with Crippen molar-refractivity contribution in [2.24, 2.45) is 11.7 Å². The van der Waals surface area contributed by atoms with Crippen LogP contribution in [0.25, 0.3) is 0 Å². The maximum atomic E-state index is 6.55.